The van der Waals surface area contributed by atoms with E-state index >= 15 is 0 Å². The normalized spacial score (nSPS) is 12.4. The second-order valence-electron chi connectivity index (χ2n) is 5.79. The molecule has 0 saturated heterocycles. The van der Waals surface area contributed by atoms with Gasteiger partial charge in [0.2, 0.25) is 0 Å². The first-order valence-electron chi connectivity index (χ1n) is 7.89. The molecule has 0 bridgehead atoms. The van der Waals surface area contributed by atoms with Crippen molar-refractivity contribution in [3.05, 3.63) is 64.5 Å². The predicted octanol–water partition coefficient (Wildman–Crippen LogP) is 4.47. The summed E-state index contributed by atoms with van der Waals surface area (Å²) in [6.07, 6.45) is 1.71. The SMILES string of the molecule is Cc1nc([C@@H](C)Nc2cc(-c3ccc(F)cc3)nc3ccnn23)cs1. The van der Waals surface area contributed by atoms with E-state index in [-0.39, 0.29) is 11.9 Å². The summed E-state index contributed by atoms with van der Waals surface area (Å²) >= 11 is 1.63. The number of fused-ring (bicyclic) bond motifs is 1. The lowest BCUT2D eigenvalue weighted by Gasteiger charge is -2.15. The van der Waals surface area contributed by atoms with E-state index in [0.717, 1.165) is 33.4 Å². The van der Waals surface area contributed by atoms with Crippen molar-refractivity contribution in [2.24, 2.45) is 0 Å². The molecule has 3 heterocycles. The fourth-order valence-corrected chi connectivity index (χ4v) is 3.37. The van der Waals surface area contributed by atoms with Gasteiger partial charge >= 0.3 is 0 Å². The van der Waals surface area contributed by atoms with Gasteiger partial charge in [-0.15, -0.1) is 11.3 Å². The molecule has 5 nitrogen and oxygen atoms in total. The van der Waals surface area contributed by atoms with Gasteiger partial charge in [0, 0.05) is 23.1 Å². The molecule has 25 heavy (non-hydrogen) atoms. The smallest absolute Gasteiger partial charge is 0.157 e. The van der Waals surface area contributed by atoms with Gasteiger partial charge in [-0.05, 0) is 38.1 Å². The van der Waals surface area contributed by atoms with Crippen LogP contribution in [0.2, 0.25) is 0 Å². The molecule has 1 atom stereocenters. The molecule has 3 aromatic heterocycles. The second kappa shape index (κ2) is 6.25. The summed E-state index contributed by atoms with van der Waals surface area (Å²) in [6.45, 7) is 4.05. The van der Waals surface area contributed by atoms with E-state index in [2.05, 4.69) is 32.7 Å². The highest BCUT2D eigenvalue weighted by Crippen LogP contribution is 2.26. The van der Waals surface area contributed by atoms with E-state index < -0.39 is 0 Å². The maximum Gasteiger partial charge on any atom is 0.157 e. The zero-order valence-corrected chi connectivity index (χ0v) is 14.6. The predicted molar refractivity (Wildman–Crippen MR) is 97.3 cm³/mol. The first-order valence-corrected chi connectivity index (χ1v) is 8.77. The maximum absolute atomic E-state index is 13.2. The molecule has 0 saturated carbocycles. The molecule has 126 valence electrons. The molecule has 1 N–H and O–H groups in total. The number of rotatable bonds is 4. The van der Waals surface area contributed by atoms with Crippen LogP contribution in [0.25, 0.3) is 16.9 Å². The van der Waals surface area contributed by atoms with Crippen LogP contribution in [0.15, 0.2) is 48.0 Å². The second-order valence-corrected chi connectivity index (χ2v) is 6.85. The fourth-order valence-electron chi connectivity index (χ4n) is 2.66. The van der Waals surface area contributed by atoms with Crippen molar-refractivity contribution < 1.29 is 4.39 Å². The Bertz CT molecular complexity index is 1020. The Hall–Kier alpha value is -2.80. The van der Waals surface area contributed by atoms with Crippen LogP contribution in [0.1, 0.15) is 23.7 Å². The molecule has 7 heteroatoms. The Balaban J connectivity index is 1.74. The summed E-state index contributed by atoms with van der Waals surface area (Å²) < 4.78 is 14.9. The van der Waals surface area contributed by atoms with Crippen LogP contribution >= 0.6 is 11.3 Å². The van der Waals surface area contributed by atoms with Crippen LogP contribution in [-0.2, 0) is 0 Å². The zero-order chi connectivity index (χ0) is 17.4. The van der Waals surface area contributed by atoms with E-state index in [0.29, 0.717) is 0 Å². The van der Waals surface area contributed by atoms with E-state index in [1.807, 2.05) is 19.1 Å². The van der Waals surface area contributed by atoms with Crippen molar-refractivity contribution in [3.63, 3.8) is 0 Å². The Labute approximate surface area is 148 Å². The van der Waals surface area contributed by atoms with Crippen LogP contribution in [0.4, 0.5) is 10.2 Å². The van der Waals surface area contributed by atoms with E-state index in [1.165, 1.54) is 12.1 Å². The summed E-state index contributed by atoms with van der Waals surface area (Å²) in [5, 5.41) is 10.9. The molecule has 4 aromatic rings. The number of hydrogen-bond donors (Lipinski definition) is 1. The molecule has 0 unspecified atom stereocenters. The van der Waals surface area contributed by atoms with Crippen LogP contribution in [0.5, 0.6) is 0 Å². The molecule has 0 spiro atoms. The topological polar surface area (TPSA) is 55.1 Å². The highest BCUT2D eigenvalue weighted by molar-refractivity contribution is 7.09. The fraction of sp³-hybridized carbons (Fsp3) is 0.167. The van der Waals surface area contributed by atoms with Gasteiger partial charge in [-0.3, -0.25) is 0 Å². The van der Waals surface area contributed by atoms with Gasteiger partial charge in [0.1, 0.15) is 11.6 Å². The number of thiazole rings is 1. The molecule has 0 radical (unpaired) electrons. The Morgan fingerprint density at radius 2 is 1.96 bits per heavy atom. The van der Waals surface area contributed by atoms with Crippen molar-refractivity contribution >= 4 is 22.8 Å². The first kappa shape index (κ1) is 15.7. The summed E-state index contributed by atoms with van der Waals surface area (Å²) in [5.74, 6) is 0.549. The van der Waals surface area contributed by atoms with E-state index in [9.17, 15) is 4.39 Å². The van der Waals surface area contributed by atoms with E-state index in [1.54, 1.807) is 34.2 Å². The van der Waals surface area contributed by atoms with Crippen LogP contribution < -0.4 is 5.32 Å². The van der Waals surface area contributed by atoms with E-state index in [4.69, 9.17) is 0 Å². The van der Waals surface area contributed by atoms with Gasteiger partial charge in [-0.25, -0.2) is 14.4 Å². The number of halogens is 1. The molecule has 1 aromatic carbocycles. The number of nitrogens with zero attached hydrogens (tertiary/aromatic N) is 4. The lowest BCUT2D eigenvalue weighted by Crippen LogP contribution is -2.11. The first-order chi connectivity index (χ1) is 12.1. The summed E-state index contributed by atoms with van der Waals surface area (Å²) in [7, 11) is 0. The Morgan fingerprint density at radius 1 is 1.16 bits per heavy atom. The minimum absolute atomic E-state index is 0.0285. The molecule has 0 aliphatic carbocycles. The minimum atomic E-state index is -0.264. The number of anilines is 1. The van der Waals surface area contributed by atoms with Crippen LogP contribution in [0.3, 0.4) is 0 Å². The molecular formula is C18H16FN5S. The third-order valence-corrected chi connectivity index (χ3v) is 4.74. The van der Waals surface area contributed by atoms with Crippen molar-refractivity contribution in [2.75, 3.05) is 5.32 Å². The molecule has 0 amide bonds. The monoisotopic (exact) mass is 353 g/mol. The number of aryl methyl sites for hydroxylation is 1. The van der Waals surface area contributed by atoms with Crippen molar-refractivity contribution in [2.45, 2.75) is 19.9 Å². The summed E-state index contributed by atoms with van der Waals surface area (Å²) in [6, 6.07) is 10.1. The van der Waals surface area contributed by atoms with Gasteiger partial charge in [0.05, 0.1) is 28.6 Å². The molecule has 0 fully saturated rings. The summed E-state index contributed by atoms with van der Waals surface area (Å²) in [4.78, 5) is 9.14. The maximum atomic E-state index is 13.2. The number of benzene rings is 1. The van der Waals surface area contributed by atoms with Gasteiger partial charge in [0.15, 0.2) is 5.65 Å². The lowest BCUT2D eigenvalue weighted by molar-refractivity contribution is 0.628. The quantitative estimate of drug-likeness (QED) is 0.588. The number of nitrogens with one attached hydrogen (secondary N) is 1. The number of hydrogen-bond acceptors (Lipinski definition) is 5. The van der Waals surface area contributed by atoms with Crippen LogP contribution in [-0.4, -0.2) is 19.6 Å². The zero-order valence-electron chi connectivity index (χ0n) is 13.8. The van der Waals surface area contributed by atoms with Crippen molar-refractivity contribution in [3.8, 4) is 11.3 Å². The van der Waals surface area contributed by atoms with Crippen molar-refractivity contribution in [1.82, 2.24) is 19.6 Å². The van der Waals surface area contributed by atoms with Gasteiger partial charge in [-0.1, -0.05) is 0 Å². The van der Waals surface area contributed by atoms with Crippen LogP contribution in [0, 0.1) is 12.7 Å². The standard InChI is InChI=1S/C18H16FN5S/c1-11(16-10-25-12(2)22-16)21-18-9-15(13-3-5-14(19)6-4-13)23-17-7-8-20-24(17)18/h3-11,21H,1-2H3/t11-/m1/s1. The molecular weight excluding hydrogens is 337 g/mol. The molecule has 4 rings (SSSR count). The third kappa shape index (κ3) is 3.10. The third-order valence-electron chi connectivity index (χ3n) is 3.94. The highest BCUT2D eigenvalue weighted by Gasteiger charge is 2.13. The largest absolute Gasteiger partial charge is 0.362 e. The Kier molecular flexibility index (Phi) is 3.93. The van der Waals surface area contributed by atoms with Gasteiger partial charge in [-0.2, -0.15) is 9.61 Å². The molecule has 0 aliphatic heterocycles. The number of aromatic nitrogens is 4. The van der Waals surface area contributed by atoms with Crippen molar-refractivity contribution in [1.29, 1.82) is 0 Å². The minimum Gasteiger partial charge on any atom is -0.362 e. The Morgan fingerprint density at radius 3 is 2.68 bits per heavy atom. The average molecular weight is 353 g/mol. The molecule has 0 aliphatic rings. The highest BCUT2D eigenvalue weighted by atomic mass is 32.1. The lowest BCUT2D eigenvalue weighted by atomic mass is 10.1. The summed E-state index contributed by atoms with van der Waals surface area (Å²) in [5.41, 5.74) is 3.33. The average Bonchev–Trinajstić information content (AvgIpc) is 3.24. The van der Waals surface area contributed by atoms with Gasteiger partial charge in [0.25, 0.3) is 0 Å². The van der Waals surface area contributed by atoms with Gasteiger partial charge < -0.3 is 5.32 Å².